The van der Waals surface area contributed by atoms with E-state index < -0.39 is 4.92 Å². The van der Waals surface area contributed by atoms with E-state index in [0.29, 0.717) is 44.1 Å². The van der Waals surface area contributed by atoms with Crippen LogP contribution in [-0.4, -0.2) is 48.6 Å². The molecule has 0 radical (unpaired) electrons. The first-order chi connectivity index (χ1) is 10.1. The van der Waals surface area contributed by atoms with Crippen LogP contribution in [0, 0.1) is 10.1 Å². The molecule has 21 heavy (non-hydrogen) atoms. The fourth-order valence-electron chi connectivity index (χ4n) is 2.17. The minimum atomic E-state index is -0.464. The molecule has 7 heteroatoms. The lowest BCUT2D eigenvalue weighted by molar-refractivity contribution is -0.384. The maximum absolute atomic E-state index is 12.3. The van der Waals surface area contributed by atoms with E-state index in [9.17, 15) is 14.9 Å². The molecule has 0 aliphatic carbocycles. The zero-order valence-electron chi connectivity index (χ0n) is 12.0. The van der Waals surface area contributed by atoms with E-state index in [2.05, 4.69) is 5.32 Å². The molecule has 0 aromatic heterocycles. The lowest BCUT2D eigenvalue weighted by Crippen LogP contribution is -2.40. The van der Waals surface area contributed by atoms with E-state index in [1.807, 2.05) is 6.92 Å². The number of benzene rings is 1. The summed E-state index contributed by atoms with van der Waals surface area (Å²) in [6.45, 7) is 4.67. The number of carbonyl (C=O) groups is 1. The first kappa shape index (κ1) is 15.2. The molecule has 1 aromatic carbocycles. The van der Waals surface area contributed by atoms with Gasteiger partial charge in [-0.25, -0.2) is 0 Å². The number of nitrogens with one attached hydrogen (secondary N) is 1. The van der Waals surface area contributed by atoms with Gasteiger partial charge in [0.2, 0.25) is 0 Å². The van der Waals surface area contributed by atoms with Crippen molar-refractivity contribution in [3.8, 4) is 0 Å². The van der Waals surface area contributed by atoms with Crippen molar-refractivity contribution in [3.63, 3.8) is 0 Å². The van der Waals surface area contributed by atoms with Crippen molar-refractivity contribution in [2.24, 2.45) is 0 Å². The van der Waals surface area contributed by atoms with Crippen LogP contribution in [0.3, 0.4) is 0 Å². The number of morpholine rings is 1. The lowest BCUT2D eigenvalue weighted by atomic mass is 10.1. The first-order valence-electron chi connectivity index (χ1n) is 7.02. The Morgan fingerprint density at radius 2 is 2.14 bits per heavy atom. The maximum Gasteiger partial charge on any atom is 0.293 e. The van der Waals surface area contributed by atoms with Crippen molar-refractivity contribution in [2.75, 3.05) is 38.2 Å². The van der Waals surface area contributed by atoms with Gasteiger partial charge in [0.1, 0.15) is 5.69 Å². The second-order valence-electron chi connectivity index (χ2n) is 4.82. The Labute approximate surface area is 123 Å². The van der Waals surface area contributed by atoms with E-state index in [1.54, 1.807) is 17.0 Å². The summed E-state index contributed by atoms with van der Waals surface area (Å²) in [5, 5.41) is 14.2. The Hall–Kier alpha value is -2.15. The van der Waals surface area contributed by atoms with E-state index in [1.165, 1.54) is 6.07 Å². The highest BCUT2D eigenvalue weighted by molar-refractivity contribution is 5.95. The number of anilines is 1. The summed E-state index contributed by atoms with van der Waals surface area (Å²) in [5.41, 5.74) is 0.716. The largest absolute Gasteiger partial charge is 0.380 e. The summed E-state index contributed by atoms with van der Waals surface area (Å²) in [7, 11) is 0. The lowest BCUT2D eigenvalue weighted by Gasteiger charge is -2.26. The molecule has 0 bridgehead atoms. The number of rotatable bonds is 5. The Morgan fingerprint density at radius 1 is 1.43 bits per heavy atom. The van der Waals surface area contributed by atoms with Crippen molar-refractivity contribution in [1.82, 2.24) is 4.90 Å². The van der Waals surface area contributed by atoms with Gasteiger partial charge in [-0.15, -0.1) is 0 Å². The number of carbonyl (C=O) groups excluding carboxylic acids is 1. The van der Waals surface area contributed by atoms with Gasteiger partial charge in [0, 0.05) is 31.3 Å². The highest BCUT2D eigenvalue weighted by Crippen LogP contribution is 2.26. The van der Waals surface area contributed by atoms with E-state index in [4.69, 9.17) is 4.74 Å². The van der Waals surface area contributed by atoms with Crippen LogP contribution in [-0.2, 0) is 4.74 Å². The van der Waals surface area contributed by atoms with Crippen molar-refractivity contribution >= 4 is 17.3 Å². The van der Waals surface area contributed by atoms with E-state index in [-0.39, 0.29) is 11.6 Å². The Balaban J connectivity index is 2.22. The highest BCUT2D eigenvalue weighted by atomic mass is 16.6. The van der Waals surface area contributed by atoms with Gasteiger partial charge in [-0.3, -0.25) is 14.9 Å². The Kier molecular flexibility index (Phi) is 5.10. The molecule has 1 fully saturated rings. The molecule has 0 atom stereocenters. The van der Waals surface area contributed by atoms with Crippen LogP contribution in [0.4, 0.5) is 11.4 Å². The molecule has 114 valence electrons. The molecule has 1 amide bonds. The van der Waals surface area contributed by atoms with Gasteiger partial charge in [0.05, 0.1) is 18.1 Å². The Morgan fingerprint density at radius 3 is 2.76 bits per heavy atom. The molecule has 0 spiro atoms. The quantitative estimate of drug-likeness (QED) is 0.662. The fourth-order valence-corrected chi connectivity index (χ4v) is 2.17. The molecule has 1 aromatic rings. The number of nitrogens with zero attached hydrogens (tertiary/aromatic N) is 2. The number of nitro benzene ring substituents is 1. The van der Waals surface area contributed by atoms with Gasteiger partial charge in [0.25, 0.3) is 11.6 Å². The number of ether oxygens (including phenoxy) is 1. The van der Waals surface area contributed by atoms with Crippen LogP contribution >= 0.6 is 0 Å². The summed E-state index contributed by atoms with van der Waals surface area (Å²) < 4.78 is 5.20. The monoisotopic (exact) mass is 293 g/mol. The normalized spacial score (nSPS) is 14.8. The molecule has 1 N–H and O–H groups in total. The van der Waals surface area contributed by atoms with Crippen LogP contribution in [0.25, 0.3) is 0 Å². The predicted molar refractivity (Wildman–Crippen MR) is 78.6 cm³/mol. The minimum absolute atomic E-state index is 0.0671. The maximum atomic E-state index is 12.3. The summed E-state index contributed by atoms with van der Waals surface area (Å²) in [6.07, 6.45) is 0.867. The Bertz CT molecular complexity index is 527. The summed E-state index contributed by atoms with van der Waals surface area (Å²) in [4.78, 5) is 24.7. The standard InChI is InChI=1S/C14H19N3O4/c1-2-5-15-12-4-3-11(10-13(12)17(19)20)14(18)16-6-8-21-9-7-16/h3-4,10,15H,2,5-9H2,1H3. The molecule has 0 unspecified atom stereocenters. The first-order valence-corrected chi connectivity index (χ1v) is 7.02. The molecule has 0 saturated carbocycles. The predicted octanol–water partition coefficient (Wildman–Crippen LogP) is 1.89. The third-order valence-electron chi connectivity index (χ3n) is 3.31. The van der Waals surface area contributed by atoms with Gasteiger partial charge in [0.15, 0.2) is 0 Å². The summed E-state index contributed by atoms with van der Waals surface area (Å²) in [6, 6.07) is 4.57. The van der Waals surface area contributed by atoms with Gasteiger partial charge >= 0.3 is 0 Å². The smallest absolute Gasteiger partial charge is 0.293 e. The molecule has 2 rings (SSSR count). The van der Waals surface area contributed by atoms with Gasteiger partial charge in [-0.1, -0.05) is 6.92 Å². The third-order valence-corrected chi connectivity index (χ3v) is 3.31. The number of hydrogen-bond acceptors (Lipinski definition) is 5. The van der Waals surface area contributed by atoms with Crippen molar-refractivity contribution in [2.45, 2.75) is 13.3 Å². The van der Waals surface area contributed by atoms with Crippen molar-refractivity contribution in [3.05, 3.63) is 33.9 Å². The van der Waals surface area contributed by atoms with E-state index in [0.717, 1.165) is 6.42 Å². The average molecular weight is 293 g/mol. The van der Waals surface area contributed by atoms with Crippen molar-refractivity contribution in [1.29, 1.82) is 0 Å². The second kappa shape index (κ2) is 7.03. The molecular formula is C14H19N3O4. The topological polar surface area (TPSA) is 84.7 Å². The van der Waals surface area contributed by atoms with Crippen molar-refractivity contribution < 1.29 is 14.5 Å². The molecule has 1 aliphatic heterocycles. The van der Waals surface area contributed by atoms with Crippen LogP contribution in [0.2, 0.25) is 0 Å². The second-order valence-corrected chi connectivity index (χ2v) is 4.82. The molecule has 1 saturated heterocycles. The van der Waals surface area contributed by atoms with Gasteiger partial charge < -0.3 is 15.0 Å². The van der Waals surface area contributed by atoms with Crippen LogP contribution in [0.1, 0.15) is 23.7 Å². The molecular weight excluding hydrogens is 274 g/mol. The van der Waals surface area contributed by atoms with Gasteiger partial charge in [-0.2, -0.15) is 0 Å². The number of hydrogen-bond donors (Lipinski definition) is 1. The highest BCUT2D eigenvalue weighted by Gasteiger charge is 2.22. The van der Waals surface area contributed by atoms with E-state index >= 15 is 0 Å². The molecule has 7 nitrogen and oxygen atoms in total. The zero-order chi connectivity index (χ0) is 15.2. The van der Waals surface area contributed by atoms with Crippen LogP contribution in [0.5, 0.6) is 0 Å². The summed E-state index contributed by atoms with van der Waals surface area (Å²) in [5.74, 6) is -0.191. The summed E-state index contributed by atoms with van der Waals surface area (Å²) >= 11 is 0. The SMILES string of the molecule is CCCNc1ccc(C(=O)N2CCOCC2)cc1[N+](=O)[O-]. The molecule has 1 heterocycles. The molecule has 1 aliphatic rings. The minimum Gasteiger partial charge on any atom is -0.380 e. The van der Waals surface area contributed by atoms with Gasteiger partial charge in [-0.05, 0) is 18.6 Å². The number of amides is 1. The number of nitro groups is 1. The fraction of sp³-hybridized carbons (Fsp3) is 0.500. The van der Waals surface area contributed by atoms with Crippen LogP contribution in [0.15, 0.2) is 18.2 Å². The average Bonchev–Trinajstić information content (AvgIpc) is 2.52. The third kappa shape index (κ3) is 3.69. The zero-order valence-corrected chi connectivity index (χ0v) is 12.0. The van der Waals surface area contributed by atoms with Crippen LogP contribution < -0.4 is 5.32 Å².